The summed E-state index contributed by atoms with van der Waals surface area (Å²) in [5, 5.41) is 0. The number of carbonyl (C=O) groups is 1. The molecular formula is C23H24F3N5O4. The van der Waals surface area contributed by atoms with Gasteiger partial charge >= 0.3 is 11.9 Å². The fourth-order valence-electron chi connectivity index (χ4n) is 3.54. The highest BCUT2D eigenvalue weighted by Crippen LogP contribution is 2.26. The first-order valence-corrected chi connectivity index (χ1v) is 10.8. The molecule has 3 rings (SSSR count). The maximum absolute atomic E-state index is 13.3. The third kappa shape index (κ3) is 5.70. The number of aromatic nitrogens is 3. The monoisotopic (exact) mass is 491 g/mol. The zero-order valence-corrected chi connectivity index (χ0v) is 18.8. The summed E-state index contributed by atoms with van der Waals surface area (Å²) in [6.45, 7) is 1.12. The second kappa shape index (κ2) is 10.5. The topological polar surface area (TPSA) is 123 Å². The van der Waals surface area contributed by atoms with Crippen molar-refractivity contribution in [3.8, 4) is 0 Å². The van der Waals surface area contributed by atoms with Crippen molar-refractivity contribution in [2.45, 2.75) is 45.6 Å². The first-order valence-electron chi connectivity index (χ1n) is 10.8. The SMILES string of the molecule is CCCCn1c(N)c(N(Cc2ccccc2)C(=O)Cn2cccc(C(F)(F)F)c2=O)c(=O)[nH]c1=O. The van der Waals surface area contributed by atoms with E-state index in [4.69, 9.17) is 5.73 Å². The van der Waals surface area contributed by atoms with Crippen LogP contribution in [0.2, 0.25) is 0 Å². The Labute approximate surface area is 197 Å². The summed E-state index contributed by atoms with van der Waals surface area (Å²) < 4.78 is 41.2. The van der Waals surface area contributed by atoms with Crippen LogP contribution in [0.4, 0.5) is 24.7 Å². The summed E-state index contributed by atoms with van der Waals surface area (Å²) in [4.78, 5) is 53.9. The number of nitrogens with two attached hydrogens (primary N) is 1. The number of aromatic amines is 1. The van der Waals surface area contributed by atoms with Gasteiger partial charge in [-0.2, -0.15) is 13.2 Å². The van der Waals surface area contributed by atoms with Crippen LogP contribution in [-0.4, -0.2) is 20.0 Å². The van der Waals surface area contributed by atoms with E-state index in [1.165, 1.54) is 0 Å². The molecule has 3 N–H and O–H groups in total. The lowest BCUT2D eigenvalue weighted by Gasteiger charge is -2.25. The number of nitrogens with one attached hydrogen (secondary N) is 1. The molecule has 0 spiro atoms. The third-order valence-corrected chi connectivity index (χ3v) is 5.34. The van der Waals surface area contributed by atoms with Crippen LogP contribution in [0.15, 0.2) is 63.0 Å². The van der Waals surface area contributed by atoms with Gasteiger partial charge in [0.25, 0.3) is 11.1 Å². The number of nitrogens with zero attached hydrogens (tertiary/aromatic N) is 3. The Morgan fingerprint density at radius 2 is 1.77 bits per heavy atom. The summed E-state index contributed by atoms with van der Waals surface area (Å²) >= 11 is 0. The number of alkyl halides is 3. The van der Waals surface area contributed by atoms with Gasteiger partial charge in [0.15, 0.2) is 5.69 Å². The molecule has 186 valence electrons. The molecule has 0 fully saturated rings. The molecule has 9 nitrogen and oxygen atoms in total. The molecule has 2 heterocycles. The zero-order valence-electron chi connectivity index (χ0n) is 18.8. The molecule has 0 aliphatic carbocycles. The molecule has 0 bridgehead atoms. The Bertz CT molecular complexity index is 1380. The van der Waals surface area contributed by atoms with E-state index in [0.29, 0.717) is 22.6 Å². The fourth-order valence-corrected chi connectivity index (χ4v) is 3.54. The number of carbonyl (C=O) groups excluding carboxylic acids is 1. The minimum absolute atomic E-state index is 0.174. The Kier molecular flexibility index (Phi) is 7.62. The van der Waals surface area contributed by atoms with E-state index in [-0.39, 0.29) is 24.6 Å². The van der Waals surface area contributed by atoms with E-state index >= 15 is 0 Å². The lowest BCUT2D eigenvalue weighted by molar-refractivity contribution is -0.139. The maximum Gasteiger partial charge on any atom is 0.421 e. The van der Waals surface area contributed by atoms with E-state index in [1.54, 1.807) is 30.3 Å². The number of rotatable bonds is 8. The molecule has 0 unspecified atom stereocenters. The third-order valence-electron chi connectivity index (χ3n) is 5.34. The number of H-pyrrole nitrogens is 1. The molecule has 0 saturated carbocycles. The molecule has 1 aromatic carbocycles. The predicted molar refractivity (Wildman–Crippen MR) is 124 cm³/mol. The molecule has 0 saturated heterocycles. The van der Waals surface area contributed by atoms with Gasteiger partial charge in [0.1, 0.15) is 17.9 Å². The highest BCUT2D eigenvalue weighted by atomic mass is 19.4. The van der Waals surface area contributed by atoms with Crippen LogP contribution in [0, 0.1) is 0 Å². The van der Waals surface area contributed by atoms with Crippen LogP contribution in [0.1, 0.15) is 30.9 Å². The lowest BCUT2D eigenvalue weighted by atomic mass is 10.2. The average Bonchev–Trinajstić information content (AvgIpc) is 2.79. The normalized spacial score (nSPS) is 11.4. The van der Waals surface area contributed by atoms with Gasteiger partial charge in [-0.15, -0.1) is 0 Å². The number of pyridine rings is 1. The van der Waals surface area contributed by atoms with Gasteiger partial charge in [-0.25, -0.2) is 4.79 Å². The number of anilines is 2. The van der Waals surface area contributed by atoms with E-state index in [1.807, 2.05) is 6.92 Å². The minimum atomic E-state index is -4.90. The van der Waals surface area contributed by atoms with Crippen molar-refractivity contribution < 1.29 is 18.0 Å². The quantitative estimate of drug-likeness (QED) is 0.501. The summed E-state index contributed by atoms with van der Waals surface area (Å²) in [5.74, 6) is -1.12. The number of hydrogen-bond donors (Lipinski definition) is 2. The summed E-state index contributed by atoms with van der Waals surface area (Å²) in [6.07, 6.45) is -2.55. The lowest BCUT2D eigenvalue weighted by Crippen LogP contribution is -2.43. The first kappa shape index (κ1) is 25.5. The van der Waals surface area contributed by atoms with Gasteiger partial charge in [0.05, 0.1) is 6.54 Å². The van der Waals surface area contributed by atoms with Crippen LogP contribution in [0.3, 0.4) is 0 Å². The van der Waals surface area contributed by atoms with Gasteiger partial charge in [0, 0.05) is 12.7 Å². The molecule has 2 aromatic heterocycles. The van der Waals surface area contributed by atoms with Crippen molar-refractivity contribution in [1.29, 1.82) is 0 Å². The molecule has 12 heteroatoms. The largest absolute Gasteiger partial charge is 0.421 e. The first-order chi connectivity index (χ1) is 16.5. The molecule has 1 amide bonds. The van der Waals surface area contributed by atoms with E-state index in [0.717, 1.165) is 28.2 Å². The summed E-state index contributed by atoms with van der Waals surface area (Å²) in [6, 6.07) is 10.1. The number of amides is 1. The molecule has 0 aliphatic heterocycles. The molecular weight excluding hydrogens is 467 g/mol. The van der Waals surface area contributed by atoms with Crippen molar-refractivity contribution in [2.75, 3.05) is 10.6 Å². The van der Waals surface area contributed by atoms with Crippen LogP contribution < -0.4 is 27.4 Å². The van der Waals surface area contributed by atoms with Gasteiger partial charge in [-0.3, -0.25) is 28.8 Å². The molecule has 0 aliphatic rings. The standard InChI is InChI=1S/C23H24F3N5O4/c1-2-3-12-30-19(27)18(20(33)28-22(30)35)31(13-15-8-5-4-6-9-15)17(32)14-29-11-7-10-16(21(29)34)23(24,25)26/h4-11H,2-3,12-14,27H2,1H3,(H,28,33,35). The van der Waals surface area contributed by atoms with Gasteiger partial charge in [-0.1, -0.05) is 43.7 Å². The average molecular weight is 491 g/mol. The maximum atomic E-state index is 13.3. The highest BCUT2D eigenvalue weighted by Gasteiger charge is 2.34. The molecule has 0 radical (unpaired) electrons. The Balaban J connectivity index is 2.11. The Hall–Kier alpha value is -4.09. The number of nitrogen functional groups attached to an aromatic ring is 1. The number of hydrogen-bond acceptors (Lipinski definition) is 5. The zero-order chi connectivity index (χ0) is 25.8. The number of benzene rings is 1. The van der Waals surface area contributed by atoms with Crippen LogP contribution in [0.5, 0.6) is 0 Å². The Morgan fingerprint density at radius 3 is 2.40 bits per heavy atom. The van der Waals surface area contributed by atoms with Gasteiger partial charge in [-0.05, 0) is 24.1 Å². The molecule has 3 aromatic rings. The van der Waals surface area contributed by atoms with E-state index in [2.05, 4.69) is 4.98 Å². The number of unbranched alkanes of at least 4 members (excludes halogenated alkanes) is 1. The highest BCUT2D eigenvalue weighted by molar-refractivity contribution is 5.95. The van der Waals surface area contributed by atoms with Crippen molar-refractivity contribution >= 4 is 17.4 Å². The number of halogens is 3. The fraction of sp³-hybridized carbons (Fsp3) is 0.304. The van der Waals surface area contributed by atoms with Crippen molar-refractivity contribution in [1.82, 2.24) is 14.1 Å². The van der Waals surface area contributed by atoms with Crippen LogP contribution >= 0.6 is 0 Å². The van der Waals surface area contributed by atoms with Crippen LogP contribution in [0.25, 0.3) is 0 Å². The van der Waals surface area contributed by atoms with Gasteiger partial charge in [0.2, 0.25) is 5.91 Å². The van der Waals surface area contributed by atoms with E-state index in [9.17, 15) is 32.3 Å². The second-order valence-corrected chi connectivity index (χ2v) is 7.82. The van der Waals surface area contributed by atoms with Crippen molar-refractivity contribution in [3.63, 3.8) is 0 Å². The van der Waals surface area contributed by atoms with Crippen molar-refractivity contribution in [3.05, 3.63) is 91.0 Å². The molecule has 35 heavy (non-hydrogen) atoms. The second-order valence-electron chi connectivity index (χ2n) is 7.82. The minimum Gasteiger partial charge on any atom is -0.383 e. The summed E-state index contributed by atoms with van der Waals surface area (Å²) in [5.41, 5.74) is 1.92. The summed E-state index contributed by atoms with van der Waals surface area (Å²) in [7, 11) is 0. The smallest absolute Gasteiger partial charge is 0.383 e. The molecule has 0 atom stereocenters. The van der Waals surface area contributed by atoms with Crippen LogP contribution in [-0.2, 0) is 30.6 Å². The Morgan fingerprint density at radius 1 is 1.09 bits per heavy atom. The predicted octanol–water partition coefficient (Wildman–Crippen LogP) is 2.33. The van der Waals surface area contributed by atoms with Crippen molar-refractivity contribution in [2.24, 2.45) is 0 Å². The van der Waals surface area contributed by atoms with E-state index < -0.39 is 41.0 Å². The van der Waals surface area contributed by atoms with Gasteiger partial charge < -0.3 is 10.3 Å².